The maximum Gasteiger partial charge on any atom is 0.226 e. The van der Waals surface area contributed by atoms with Gasteiger partial charge < -0.3 is 10.1 Å². The molecule has 0 radical (unpaired) electrons. The number of nitrogens with zero attached hydrogens (tertiary/aromatic N) is 1. The van der Waals surface area contributed by atoms with Crippen LogP contribution < -0.4 is 10.1 Å². The second kappa shape index (κ2) is 7.90. The number of fused-ring (bicyclic) bond motifs is 1. The number of thiazole rings is 1. The van der Waals surface area contributed by atoms with Crippen molar-refractivity contribution in [2.24, 2.45) is 0 Å². The molecular formula is C21H17FN2O3S. The van der Waals surface area contributed by atoms with E-state index in [0.29, 0.717) is 17.3 Å². The Hall–Kier alpha value is -3.06. The summed E-state index contributed by atoms with van der Waals surface area (Å²) in [7, 11) is 0. The van der Waals surface area contributed by atoms with Crippen LogP contribution in [-0.2, 0) is 11.2 Å². The molecule has 0 bridgehead atoms. The highest BCUT2D eigenvalue weighted by Crippen LogP contribution is 2.32. The van der Waals surface area contributed by atoms with Gasteiger partial charge in [-0.2, -0.15) is 0 Å². The average molecular weight is 396 g/mol. The van der Waals surface area contributed by atoms with Crippen molar-refractivity contribution in [1.82, 2.24) is 4.98 Å². The lowest BCUT2D eigenvalue weighted by Gasteiger charge is -2.03. The lowest BCUT2D eigenvalue weighted by Crippen LogP contribution is -2.13. The molecule has 0 atom stereocenters. The van der Waals surface area contributed by atoms with Crippen molar-refractivity contribution in [2.75, 3.05) is 11.9 Å². The summed E-state index contributed by atoms with van der Waals surface area (Å²) in [5, 5.41) is 5.11. The van der Waals surface area contributed by atoms with Crippen LogP contribution in [0, 0.1) is 5.82 Å². The van der Waals surface area contributed by atoms with E-state index in [1.807, 2.05) is 17.5 Å². The molecular weight excluding hydrogens is 379 g/mol. The molecule has 0 unspecified atom stereocenters. The largest absolute Gasteiger partial charge is 0.493 e. The van der Waals surface area contributed by atoms with Gasteiger partial charge in [-0.1, -0.05) is 0 Å². The molecule has 1 aromatic heterocycles. The smallest absolute Gasteiger partial charge is 0.226 e. The molecule has 7 heteroatoms. The Morgan fingerprint density at radius 3 is 2.79 bits per heavy atom. The zero-order valence-corrected chi connectivity index (χ0v) is 15.7. The summed E-state index contributed by atoms with van der Waals surface area (Å²) in [5.41, 5.74) is 3.33. The van der Waals surface area contributed by atoms with Crippen LogP contribution in [0.5, 0.6) is 5.75 Å². The zero-order chi connectivity index (χ0) is 19.5. The number of amides is 1. The van der Waals surface area contributed by atoms with E-state index in [-0.39, 0.29) is 24.5 Å². The molecule has 28 heavy (non-hydrogen) atoms. The van der Waals surface area contributed by atoms with E-state index in [9.17, 15) is 14.0 Å². The van der Waals surface area contributed by atoms with Gasteiger partial charge in [0.05, 0.1) is 12.3 Å². The van der Waals surface area contributed by atoms with E-state index < -0.39 is 5.82 Å². The van der Waals surface area contributed by atoms with Crippen LogP contribution in [0.3, 0.4) is 0 Å². The molecule has 0 spiro atoms. The molecule has 2 heterocycles. The quantitative estimate of drug-likeness (QED) is 0.624. The molecule has 0 fully saturated rings. The lowest BCUT2D eigenvalue weighted by atomic mass is 10.1. The van der Waals surface area contributed by atoms with Crippen molar-refractivity contribution in [3.8, 4) is 17.0 Å². The number of nitrogens with one attached hydrogen (secondary N) is 1. The molecule has 1 aliphatic rings. The minimum atomic E-state index is -0.398. The van der Waals surface area contributed by atoms with Crippen LogP contribution in [0.2, 0.25) is 0 Å². The number of ketones is 1. The Morgan fingerprint density at radius 1 is 1.14 bits per heavy atom. The van der Waals surface area contributed by atoms with E-state index in [0.717, 1.165) is 29.0 Å². The predicted molar refractivity (Wildman–Crippen MR) is 105 cm³/mol. The number of anilines is 1. The number of halogens is 1. The first-order chi connectivity index (χ1) is 13.6. The van der Waals surface area contributed by atoms with Gasteiger partial charge in [0.15, 0.2) is 10.9 Å². The molecule has 2 aromatic carbocycles. The Morgan fingerprint density at radius 2 is 1.96 bits per heavy atom. The number of ether oxygens (including phenoxy) is 1. The maximum atomic E-state index is 12.9. The Bertz CT molecular complexity index is 1030. The molecule has 1 amide bonds. The summed E-state index contributed by atoms with van der Waals surface area (Å²) < 4.78 is 18.4. The van der Waals surface area contributed by atoms with Gasteiger partial charge in [0.2, 0.25) is 5.91 Å². The summed E-state index contributed by atoms with van der Waals surface area (Å²) in [6.07, 6.45) is 0.987. The van der Waals surface area contributed by atoms with Gasteiger partial charge >= 0.3 is 0 Å². The number of rotatable bonds is 6. The SMILES string of the molecule is O=C(CCC(=O)c1ccc(F)cc1)Nc1nc(-c2ccc3c(c2)CCO3)cs1. The number of carbonyl (C=O) groups excluding carboxylic acids is 2. The monoisotopic (exact) mass is 396 g/mol. The minimum Gasteiger partial charge on any atom is -0.493 e. The van der Waals surface area contributed by atoms with Crippen molar-refractivity contribution >= 4 is 28.2 Å². The van der Waals surface area contributed by atoms with Gasteiger partial charge in [-0.05, 0) is 48.0 Å². The van der Waals surface area contributed by atoms with E-state index in [2.05, 4.69) is 16.4 Å². The number of aromatic nitrogens is 1. The van der Waals surface area contributed by atoms with E-state index >= 15 is 0 Å². The first-order valence-corrected chi connectivity index (χ1v) is 9.77. The van der Waals surface area contributed by atoms with Crippen LogP contribution in [-0.4, -0.2) is 23.3 Å². The molecule has 142 valence electrons. The van der Waals surface area contributed by atoms with Crippen LogP contribution in [0.25, 0.3) is 11.3 Å². The normalized spacial score (nSPS) is 12.3. The highest BCUT2D eigenvalue weighted by molar-refractivity contribution is 7.14. The summed E-state index contributed by atoms with van der Waals surface area (Å²) in [6.45, 7) is 0.702. The van der Waals surface area contributed by atoms with Crippen molar-refractivity contribution in [3.63, 3.8) is 0 Å². The van der Waals surface area contributed by atoms with Crippen LogP contribution in [0.4, 0.5) is 9.52 Å². The second-order valence-electron chi connectivity index (χ2n) is 6.44. The molecule has 5 nitrogen and oxygen atoms in total. The van der Waals surface area contributed by atoms with E-state index in [1.165, 1.54) is 35.6 Å². The van der Waals surface area contributed by atoms with Gasteiger partial charge in [0, 0.05) is 35.8 Å². The van der Waals surface area contributed by atoms with Crippen molar-refractivity contribution in [3.05, 3.63) is 64.8 Å². The average Bonchev–Trinajstić information content (AvgIpc) is 3.35. The first kappa shape index (κ1) is 18.3. The topological polar surface area (TPSA) is 68.3 Å². The van der Waals surface area contributed by atoms with Gasteiger partial charge in [-0.25, -0.2) is 9.37 Å². The van der Waals surface area contributed by atoms with Crippen LogP contribution in [0.1, 0.15) is 28.8 Å². The van der Waals surface area contributed by atoms with Gasteiger partial charge in [-0.3, -0.25) is 9.59 Å². The fourth-order valence-electron chi connectivity index (χ4n) is 3.00. The molecule has 4 rings (SSSR count). The number of carbonyl (C=O) groups is 2. The Balaban J connectivity index is 1.34. The van der Waals surface area contributed by atoms with Crippen LogP contribution >= 0.6 is 11.3 Å². The molecule has 0 saturated carbocycles. The second-order valence-corrected chi connectivity index (χ2v) is 7.30. The molecule has 1 aliphatic heterocycles. The summed E-state index contributed by atoms with van der Waals surface area (Å²) in [4.78, 5) is 28.7. The highest BCUT2D eigenvalue weighted by atomic mass is 32.1. The summed E-state index contributed by atoms with van der Waals surface area (Å²) >= 11 is 1.34. The van der Waals surface area contributed by atoms with Gasteiger partial charge in [0.1, 0.15) is 11.6 Å². The maximum absolute atomic E-state index is 12.9. The highest BCUT2D eigenvalue weighted by Gasteiger charge is 2.15. The lowest BCUT2D eigenvalue weighted by molar-refractivity contribution is -0.116. The van der Waals surface area contributed by atoms with E-state index in [4.69, 9.17) is 4.74 Å². The van der Waals surface area contributed by atoms with Gasteiger partial charge in [0.25, 0.3) is 0 Å². The van der Waals surface area contributed by atoms with Crippen molar-refractivity contribution < 1.29 is 18.7 Å². The Labute approximate surface area is 165 Å². The third-order valence-corrected chi connectivity index (χ3v) is 5.24. The van der Waals surface area contributed by atoms with Crippen molar-refractivity contribution in [1.29, 1.82) is 0 Å². The Kier molecular flexibility index (Phi) is 5.16. The third-order valence-electron chi connectivity index (χ3n) is 4.48. The third kappa shape index (κ3) is 4.09. The summed E-state index contributed by atoms with van der Waals surface area (Å²) in [5.74, 6) is 0.0390. The fourth-order valence-corrected chi connectivity index (χ4v) is 3.73. The molecule has 0 aliphatic carbocycles. The standard InChI is InChI=1S/C21H17FN2O3S/c22-16-4-1-13(2-5-16)18(25)6-8-20(26)24-21-23-17(12-28-21)14-3-7-19-15(11-14)9-10-27-19/h1-5,7,11-12H,6,8-10H2,(H,23,24,26). The fraction of sp³-hybridized carbons (Fsp3) is 0.190. The minimum absolute atomic E-state index is 0.0430. The molecule has 0 saturated heterocycles. The van der Waals surface area contributed by atoms with E-state index in [1.54, 1.807) is 0 Å². The van der Waals surface area contributed by atoms with Crippen molar-refractivity contribution in [2.45, 2.75) is 19.3 Å². The predicted octanol–water partition coefficient (Wildman–Crippen LogP) is 4.49. The number of Topliss-reactive ketones (excluding diaryl/α,β-unsaturated/α-hetero) is 1. The number of hydrogen-bond acceptors (Lipinski definition) is 5. The number of benzene rings is 2. The molecule has 3 aromatic rings. The van der Waals surface area contributed by atoms with Gasteiger partial charge in [-0.15, -0.1) is 11.3 Å². The first-order valence-electron chi connectivity index (χ1n) is 8.89. The number of hydrogen-bond donors (Lipinski definition) is 1. The summed E-state index contributed by atoms with van der Waals surface area (Å²) in [6, 6.07) is 11.3. The molecule has 1 N–H and O–H groups in total. The van der Waals surface area contributed by atoms with Crippen LogP contribution in [0.15, 0.2) is 47.8 Å². The zero-order valence-electron chi connectivity index (χ0n) is 14.9.